The van der Waals surface area contributed by atoms with Crippen molar-refractivity contribution in [2.45, 2.75) is 50.8 Å². The zero-order valence-electron chi connectivity index (χ0n) is 17.4. The van der Waals surface area contributed by atoms with Crippen LogP contribution >= 0.6 is 0 Å². The largest absolute Gasteiger partial charge is 0.389 e. The summed E-state index contributed by atoms with van der Waals surface area (Å²) >= 11 is 0. The fraction of sp³-hybridized carbons (Fsp3) is 0.458. The molecule has 1 saturated carbocycles. The summed E-state index contributed by atoms with van der Waals surface area (Å²) in [6.45, 7) is 1.92. The molecule has 2 fully saturated rings. The van der Waals surface area contributed by atoms with Gasteiger partial charge in [-0.2, -0.15) is 0 Å². The molecule has 0 radical (unpaired) electrons. The minimum Gasteiger partial charge on any atom is -0.389 e. The van der Waals surface area contributed by atoms with Gasteiger partial charge in [0.2, 0.25) is 0 Å². The molecule has 1 atom stereocenters. The summed E-state index contributed by atoms with van der Waals surface area (Å²) in [6.07, 6.45) is 4.59. The number of urea groups is 1. The summed E-state index contributed by atoms with van der Waals surface area (Å²) < 4.78 is 29.6. The molecule has 31 heavy (non-hydrogen) atoms. The highest BCUT2D eigenvalue weighted by Gasteiger charge is 2.33. The Morgan fingerprint density at radius 2 is 1.52 bits per heavy atom. The van der Waals surface area contributed by atoms with Crippen molar-refractivity contribution >= 4 is 27.8 Å². The third-order valence-corrected chi connectivity index (χ3v) is 6.72. The molecule has 1 unspecified atom stereocenters. The predicted octanol–water partition coefficient (Wildman–Crippen LogP) is 4.50. The van der Waals surface area contributed by atoms with E-state index in [0.29, 0.717) is 23.4 Å². The van der Waals surface area contributed by atoms with E-state index in [1.807, 2.05) is 9.47 Å². The number of aliphatic hydroxyl groups excluding tert-OH is 1. The number of β-amino-alcohol motifs (C(OH)–C–C–N with tert-alkyl or cyclic N) is 1. The number of aliphatic hydroxyl groups is 1. The average molecular weight is 427 g/mol. The number of hydrogen-bond acceptors (Lipinski definition) is 2. The van der Waals surface area contributed by atoms with Crippen molar-refractivity contribution in [3.8, 4) is 0 Å². The van der Waals surface area contributed by atoms with Crippen molar-refractivity contribution in [2.75, 3.05) is 19.6 Å². The zero-order valence-corrected chi connectivity index (χ0v) is 17.4. The maximum atomic E-state index is 13.9. The van der Waals surface area contributed by atoms with Crippen LogP contribution < -0.4 is 0 Å². The lowest BCUT2D eigenvalue weighted by Gasteiger charge is -2.39. The summed E-state index contributed by atoms with van der Waals surface area (Å²) in [6, 6.07) is 9.19. The lowest BCUT2D eigenvalue weighted by molar-refractivity contribution is 0.0693. The first-order valence-electron chi connectivity index (χ1n) is 11.1. The predicted molar refractivity (Wildman–Crippen MR) is 116 cm³/mol. The monoisotopic (exact) mass is 427 g/mol. The SMILES string of the molecule is O=C1N(CC(O)Cn2c3ccc(F)cc3c3cc(F)ccc32)CCCN1C1CCCC1. The van der Waals surface area contributed by atoms with Crippen LogP contribution in [0.1, 0.15) is 32.1 Å². The maximum absolute atomic E-state index is 13.9. The second-order valence-corrected chi connectivity index (χ2v) is 8.80. The van der Waals surface area contributed by atoms with Gasteiger partial charge in [0.1, 0.15) is 11.6 Å². The van der Waals surface area contributed by atoms with Crippen LogP contribution in [-0.4, -0.2) is 57.3 Å². The molecular weight excluding hydrogens is 400 g/mol. The molecule has 5 nitrogen and oxygen atoms in total. The quantitative estimate of drug-likeness (QED) is 0.652. The molecule has 1 saturated heterocycles. The molecule has 2 heterocycles. The minimum absolute atomic E-state index is 0.0172. The first kappa shape index (κ1) is 20.2. The van der Waals surface area contributed by atoms with Crippen molar-refractivity contribution in [2.24, 2.45) is 0 Å². The van der Waals surface area contributed by atoms with E-state index in [1.54, 1.807) is 17.0 Å². The number of benzene rings is 2. The first-order chi connectivity index (χ1) is 15.0. The molecule has 164 valence electrons. The van der Waals surface area contributed by atoms with Crippen molar-refractivity contribution < 1.29 is 18.7 Å². The lowest BCUT2D eigenvalue weighted by atomic mass is 10.1. The van der Waals surface area contributed by atoms with E-state index in [-0.39, 0.29) is 30.8 Å². The second kappa shape index (κ2) is 8.11. The van der Waals surface area contributed by atoms with Crippen LogP contribution in [0.15, 0.2) is 36.4 Å². The van der Waals surface area contributed by atoms with Crippen LogP contribution in [0.25, 0.3) is 21.8 Å². The van der Waals surface area contributed by atoms with E-state index in [9.17, 15) is 18.7 Å². The van der Waals surface area contributed by atoms with Crippen molar-refractivity contribution in [3.05, 3.63) is 48.0 Å². The average Bonchev–Trinajstić information content (AvgIpc) is 3.37. The number of fused-ring (bicyclic) bond motifs is 3. The summed E-state index contributed by atoms with van der Waals surface area (Å²) in [4.78, 5) is 16.7. The van der Waals surface area contributed by atoms with Crippen molar-refractivity contribution in [1.29, 1.82) is 0 Å². The third kappa shape index (κ3) is 3.76. The van der Waals surface area contributed by atoms with Gasteiger partial charge in [0.25, 0.3) is 0 Å². The second-order valence-electron chi connectivity index (χ2n) is 8.80. The van der Waals surface area contributed by atoms with E-state index in [4.69, 9.17) is 0 Å². The number of aromatic nitrogens is 1. The van der Waals surface area contributed by atoms with E-state index in [0.717, 1.165) is 36.8 Å². The molecule has 1 aromatic heterocycles. The summed E-state index contributed by atoms with van der Waals surface area (Å²) in [7, 11) is 0. The van der Waals surface area contributed by atoms with Crippen LogP contribution in [-0.2, 0) is 6.54 Å². The maximum Gasteiger partial charge on any atom is 0.320 e. The number of rotatable bonds is 5. The van der Waals surface area contributed by atoms with Gasteiger partial charge >= 0.3 is 6.03 Å². The fourth-order valence-corrected chi connectivity index (χ4v) is 5.30. The number of halogens is 2. The highest BCUT2D eigenvalue weighted by Crippen LogP contribution is 2.31. The van der Waals surface area contributed by atoms with Gasteiger partial charge in [-0.3, -0.25) is 0 Å². The molecule has 5 rings (SSSR count). The Morgan fingerprint density at radius 1 is 0.903 bits per heavy atom. The Kier molecular flexibility index (Phi) is 5.30. The zero-order chi connectivity index (χ0) is 21.5. The molecule has 1 aliphatic heterocycles. The highest BCUT2D eigenvalue weighted by atomic mass is 19.1. The number of carbonyl (C=O) groups excluding carboxylic acids is 1. The summed E-state index contributed by atoms with van der Waals surface area (Å²) in [5.74, 6) is -0.774. The topological polar surface area (TPSA) is 48.7 Å². The van der Waals surface area contributed by atoms with Crippen molar-refractivity contribution in [3.63, 3.8) is 0 Å². The normalized spacial score (nSPS) is 19.1. The Balaban J connectivity index is 1.38. The minimum atomic E-state index is -0.790. The smallest absolute Gasteiger partial charge is 0.320 e. The van der Waals surface area contributed by atoms with E-state index in [1.165, 1.54) is 37.1 Å². The Labute approximate surface area is 179 Å². The molecule has 2 aliphatic rings. The third-order valence-electron chi connectivity index (χ3n) is 6.72. The molecule has 2 aromatic carbocycles. The van der Waals surface area contributed by atoms with Crippen LogP contribution in [0.3, 0.4) is 0 Å². The van der Waals surface area contributed by atoms with Gasteiger partial charge in [-0.05, 0) is 55.7 Å². The van der Waals surface area contributed by atoms with Crippen LogP contribution in [0.5, 0.6) is 0 Å². The van der Waals surface area contributed by atoms with Gasteiger partial charge in [0.05, 0.1) is 19.2 Å². The van der Waals surface area contributed by atoms with Crippen LogP contribution in [0.2, 0.25) is 0 Å². The first-order valence-corrected chi connectivity index (χ1v) is 11.1. The Bertz CT molecular complexity index is 1060. The van der Waals surface area contributed by atoms with Crippen LogP contribution in [0, 0.1) is 11.6 Å². The van der Waals surface area contributed by atoms with Crippen molar-refractivity contribution in [1.82, 2.24) is 14.4 Å². The molecule has 1 aliphatic carbocycles. The van der Waals surface area contributed by atoms with Crippen LogP contribution in [0.4, 0.5) is 13.6 Å². The molecule has 7 heteroatoms. The summed E-state index contributed by atoms with van der Waals surface area (Å²) in [5, 5.41) is 12.1. The molecule has 1 N–H and O–H groups in total. The van der Waals surface area contributed by atoms with E-state index < -0.39 is 6.10 Å². The fourth-order valence-electron chi connectivity index (χ4n) is 5.30. The standard InChI is InChI=1S/C24H27F2N3O2/c25-16-6-8-22-20(12-16)21-13-17(26)7-9-23(21)29(22)15-19(30)14-27-10-3-11-28(24(27)31)18-4-1-2-5-18/h6-9,12-13,18-19,30H,1-5,10-11,14-15H2. The summed E-state index contributed by atoms with van der Waals surface area (Å²) in [5.41, 5.74) is 1.47. The molecule has 3 aromatic rings. The number of hydrogen-bond donors (Lipinski definition) is 1. The number of amides is 2. The van der Waals surface area contributed by atoms with Gasteiger partial charge in [0, 0.05) is 40.9 Å². The van der Waals surface area contributed by atoms with Gasteiger partial charge in [-0.15, -0.1) is 0 Å². The van der Waals surface area contributed by atoms with Gasteiger partial charge in [-0.1, -0.05) is 12.8 Å². The Morgan fingerprint density at radius 3 is 2.13 bits per heavy atom. The van der Waals surface area contributed by atoms with E-state index >= 15 is 0 Å². The molecule has 0 bridgehead atoms. The van der Waals surface area contributed by atoms with Gasteiger partial charge < -0.3 is 19.5 Å². The van der Waals surface area contributed by atoms with E-state index in [2.05, 4.69) is 0 Å². The highest BCUT2D eigenvalue weighted by molar-refractivity contribution is 6.08. The van der Waals surface area contributed by atoms with Gasteiger partial charge in [0.15, 0.2) is 0 Å². The Hall–Kier alpha value is -2.67. The van der Waals surface area contributed by atoms with Gasteiger partial charge in [-0.25, -0.2) is 13.6 Å². The molecule has 2 amide bonds. The number of carbonyl (C=O) groups is 1. The molecule has 0 spiro atoms. The lowest BCUT2D eigenvalue weighted by Crippen LogP contribution is -2.54. The number of nitrogens with zero attached hydrogens (tertiary/aromatic N) is 3. The molecular formula is C24H27F2N3O2.